The molecule has 1 aromatic rings. The summed E-state index contributed by atoms with van der Waals surface area (Å²) in [5.41, 5.74) is 8.57. The van der Waals surface area contributed by atoms with E-state index in [4.69, 9.17) is 5.73 Å². The molecule has 1 aromatic carbocycles. The summed E-state index contributed by atoms with van der Waals surface area (Å²) in [5, 5.41) is 0. The molecule has 2 aliphatic carbocycles. The molecule has 0 bridgehead atoms. The molecule has 0 heterocycles. The molecule has 1 nitrogen and oxygen atoms in total. The van der Waals surface area contributed by atoms with Crippen LogP contribution in [0.3, 0.4) is 0 Å². The average molecular weight is 167 g/mol. The van der Waals surface area contributed by atoms with Gasteiger partial charge in [-0.1, -0.05) is 30.3 Å². The summed E-state index contributed by atoms with van der Waals surface area (Å²) in [6.45, 7) is 0. The number of nitrogen functional groups attached to an aromatic ring is 1. The van der Waals surface area contributed by atoms with E-state index in [0.717, 1.165) is 5.69 Å². The molecular weight excluding hydrogens is 158 g/mol. The number of benzene rings is 2. The van der Waals surface area contributed by atoms with Gasteiger partial charge in [0.15, 0.2) is 0 Å². The van der Waals surface area contributed by atoms with Crippen molar-refractivity contribution >= 4 is 5.69 Å². The topological polar surface area (TPSA) is 26.0 Å². The van der Waals surface area contributed by atoms with E-state index in [0.29, 0.717) is 0 Å². The molecule has 13 heavy (non-hydrogen) atoms. The highest BCUT2D eigenvalue weighted by molar-refractivity contribution is 5.85. The van der Waals surface area contributed by atoms with Crippen molar-refractivity contribution in [3.05, 3.63) is 54.6 Å². The molecule has 62 valence electrons. The molecular formula is C12H9N. The second kappa shape index (κ2) is 3.31. The summed E-state index contributed by atoms with van der Waals surface area (Å²) in [6.07, 6.45) is 0. The molecule has 1 heteroatoms. The van der Waals surface area contributed by atoms with Crippen LogP contribution in [0.4, 0.5) is 5.69 Å². The van der Waals surface area contributed by atoms with Gasteiger partial charge in [0.05, 0.1) is 0 Å². The lowest BCUT2D eigenvalue weighted by Gasteiger charge is -1.71. The molecule has 0 aliphatic heterocycles. The van der Waals surface area contributed by atoms with Crippen molar-refractivity contribution in [3.8, 4) is 11.1 Å². The Morgan fingerprint density at radius 1 is 1.00 bits per heavy atom. The Balaban J connectivity index is 0.000000102. The monoisotopic (exact) mass is 167 g/mol. The zero-order chi connectivity index (χ0) is 9.10. The Morgan fingerprint density at radius 3 is 2.00 bits per heavy atom. The van der Waals surface area contributed by atoms with E-state index < -0.39 is 0 Å². The van der Waals surface area contributed by atoms with Gasteiger partial charge >= 0.3 is 0 Å². The summed E-state index contributed by atoms with van der Waals surface area (Å²) in [7, 11) is 0. The minimum atomic E-state index is 0.771. The molecule has 0 aromatic heterocycles. The van der Waals surface area contributed by atoms with Crippen molar-refractivity contribution in [1.29, 1.82) is 0 Å². The summed E-state index contributed by atoms with van der Waals surface area (Å²) in [6, 6.07) is 19.4. The number of hydrogen-bond donors (Lipinski definition) is 1. The van der Waals surface area contributed by atoms with Gasteiger partial charge in [-0.25, -0.2) is 0 Å². The highest BCUT2D eigenvalue weighted by Gasteiger charge is 2.11. The lowest BCUT2D eigenvalue weighted by molar-refractivity contribution is 1.70. The highest BCUT2D eigenvalue weighted by atomic mass is 14.6. The molecule has 2 radical (unpaired) electrons. The van der Waals surface area contributed by atoms with E-state index in [-0.39, 0.29) is 0 Å². The molecule has 0 amide bonds. The largest absolute Gasteiger partial charge is 0.398 e. The standard InChI is InChI=1S/C6H4N.C6H5/c7-6-2-4-1-5(4)3-6;1-2-4-6-5-3-1/h1-2H,7H2;1-5H. The Kier molecular flexibility index (Phi) is 2.01. The van der Waals surface area contributed by atoms with Gasteiger partial charge in [-0.15, -0.1) is 0 Å². The third kappa shape index (κ3) is 2.09. The predicted octanol–water partition coefficient (Wildman–Crippen LogP) is 2.54. The van der Waals surface area contributed by atoms with Crippen LogP contribution in [0.1, 0.15) is 0 Å². The maximum atomic E-state index is 5.34. The number of nitrogens with two attached hydrogens (primary N) is 1. The minimum Gasteiger partial charge on any atom is -0.398 e. The Morgan fingerprint density at radius 2 is 1.77 bits per heavy atom. The third-order valence-electron chi connectivity index (χ3n) is 1.72. The summed E-state index contributed by atoms with van der Waals surface area (Å²) in [4.78, 5) is 0. The van der Waals surface area contributed by atoms with Crippen LogP contribution >= 0.6 is 0 Å². The smallest absolute Gasteiger partial charge is 0.0407 e. The van der Waals surface area contributed by atoms with E-state index >= 15 is 0 Å². The Hall–Kier alpha value is -1.76. The SMILES string of the molecule is Nc1[c]c2cc-2c1.[c]1ccccc1. The zero-order valence-corrected chi connectivity index (χ0v) is 7.12. The molecule has 0 saturated carbocycles. The first-order valence-corrected chi connectivity index (χ1v) is 4.10. The van der Waals surface area contributed by atoms with Gasteiger partial charge in [0.2, 0.25) is 0 Å². The van der Waals surface area contributed by atoms with Crippen LogP contribution in [0.2, 0.25) is 0 Å². The van der Waals surface area contributed by atoms with Gasteiger partial charge in [0, 0.05) is 11.8 Å². The normalized spacial score (nSPS) is 9.85. The van der Waals surface area contributed by atoms with Crippen LogP contribution < -0.4 is 5.73 Å². The number of anilines is 1. The van der Waals surface area contributed by atoms with Crippen molar-refractivity contribution in [3.63, 3.8) is 0 Å². The van der Waals surface area contributed by atoms with Crippen LogP contribution in [-0.4, -0.2) is 0 Å². The summed E-state index contributed by atoms with van der Waals surface area (Å²) in [5.74, 6) is 0. The molecule has 0 unspecified atom stereocenters. The van der Waals surface area contributed by atoms with Gasteiger partial charge in [-0.3, -0.25) is 0 Å². The summed E-state index contributed by atoms with van der Waals surface area (Å²) >= 11 is 0. The fraction of sp³-hybridized carbons (Fsp3) is 0. The molecule has 0 fully saturated rings. The molecule has 2 aliphatic rings. The van der Waals surface area contributed by atoms with Gasteiger partial charge in [-0.05, 0) is 29.3 Å². The van der Waals surface area contributed by atoms with E-state index in [1.807, 2.05) is 36.4 Å². The highest BCUT2D eigenvalue weighted by Crippen LogP contribution is 2.36. The molecule has 0 saturated heterocycles. The third-order valence-corrected chi connectivity index (χ3v) is 1.72. The predicted molar refractivity (Wildman–Crippen MR) is 54.0 cm³/mol. The van der Waals surface area contributed by atoms with E-state index in [1.165, 1.54) is 11.1 Å². The van der Waals surface area contributed by atoms with E-state index in [1.54, 1.807) is 0 Å². The molecule has 3 rings (SSSR count). The van der Waals surface area contributed by atoms with E-state index in [9.17, 15) is 0 Å². The first kappa shape index (κ1) is 7.87. The lowest BCUT2D eigenvalue weighted by atomic mass is 10.4. The molecule has 2 N–H and O–H groups in total. The van der Waals surface area contributed by atoms with Crippen LogP contribution in [0.15, 0.2) is 42.5 Å². The quantitative estimate of drug-likeness (QED) is 0.511. The van der Waals surface area contributed by atoms with Gasteiger partial charge in [0.1, 0.15) is 0 Å². The second-order valence-electron chi connectivity index (χ2n) is 2.82. The van der Waals surface area contributed by atoms with Crippen molar-refractivity contribution in [2.75, 3.05) is 5.73 Å². The first-order valence-electron chi connectivity index (χ1n) is 4.10. The number of rotatable bonds is 0. The van der Waals surface area contributed by atoms with Crippen LogP contribution in [0.5, 0.6) is 0 Å². The average Bonchev–Trinajstić information content (AvgIpc) is 2.78. The summed E-state index contributed by atoms with van der Waals surface area (Å²) < 4.78 is 0. The zero-order valence-electron chi connectivity index (χ0n) is 7.12. The number of fused-ring (bicyclic) bond motifs is 1. The molecule has 0 spiro atoms. The fourth-order valence-corrected chi connectivity index (χ4v) is 1.05. The first-order chi connectivity index (χ1) is 6.36. The van der Waals surface area contributed by atoms with Gasteiger partial charge < -0.3 is 5.73 Å². The van der Waals surface area contributed by atoms with Gasteiger partial charge in [-0.2, -0.15) is 0 Å². The van der Waals surface area contributed by atoms with Crippen molar-refractivity contribution in [1.82, 2.24) is 0 Å². The number of hydrogen-bond acceptors (Lipinski definition) is 1. The van der Waals surface area contributed by atoms with Crippen LogP contribution in [0.25, 0.3) is 11.1 Å². The Bertz CT molecular complexity index is 346. The lowest BCUT2D eigenvalue weighted by Crippen LogP contribution is -1.75. The minimum absolute atomic E-state index is 0.771. The van der Waals surface area contributed by atoms with Crippen LogP contribution in [0, 0.1) is 12.1 Å². The second-order valence-corrected chi connectivity index (χ2v) is 2.82. The maximum Gasteiger partial charge on any atom is 0.0407 e. The fourth-order valence-electron chi connectivity index (χ4n) is 1.05. The van der Waals surface area contributed by atoms with Gasteiger partial charge in [0.25, 0.3) is 0 Å². The van der Waals surface area contributed by atoms with Crippen molar-refractivity contribution < 1.29 is 0 Å². The Labute approximate surface area is 77.8 Å². The maximum absolute atomic E-state index is 5.34. The van der Waals surface area contributed by atoms with Crippen molar-refractivity contribution in [2.45, 2.75) is 0 Å². The van der Waals surface area contributed by atoms with E-state index in [2.05, 4.69) is 18.2 Å². The van der Waals surface area contributed by atoms with Crippen LogP contribution in [-0.2, 0) is 0 Å². The van der Waals surface area contributed by atoms with Crippen molar-refractivity contribution in [2.24, 2.45) is 0 Å². The molecule has 0 atom stereocenters.